The van der Waals surface area contributed by atoms with Gasteiger partial charge in [-0.15, -0.1) is 0 Å². The van der Waals surface area contributed by atoms with Crippen LogP contribution in [0.1, 0.15) is 43.4 Å². The molecule has 3 aliphatic rings. The van der Waals surface area contributed by atoms with Crippen molar-refractivity contribution in [2.75, 3.05) is 25.1 Å². The molecule has 0 aromatic carbocycles. The molecule has 1 spiro atoms. The van der Waals surface area contributed by atoms with Gasteiger partial charge >= 0.3 is 0 Å². The summed E-state index contributed by atoms with van der Waals surface area (Å²) in [5.74, 6) is 1.06. The third-order valence-electron chi connectivity index (χ3n) is 5.11. The molecule has 5 nitrogen and oxygen atoms in total. The van der Waals surface area contributed by atoms with E-state index in [0.717, 1.165) is 64.2 Å². The minimum absolute atomic E-state index is 0.0321. The van der Waals surface area contributed by atoms with Crippen LogP contribution < -0.4 is 5.32 Å². The molecule has 0 bridgehead atoms. The SMILES string of the molecule is c1nc2c(c(NC3CCOC4(CCOCC4)C3)n1)CCC2. The summed E-state index contributed by atoms with van der Waals surface area (Å²) >= 11 is 0. The van der Waals surface area contributed by atoms with E-state index in [4.69, 9.17) is 9.47 Å². The van der Waals surface area contributed by atoms with Gasteiger partial charge in [0.25, 0.3) is 0 Å². The Morgan fingerprint density at radius 3 is 2.95 bits per heavy atom. The molecule has 0 radical (unpaired) electrons. The van der Waals surface area contributed by atoms with Gasteiger partial charge in [0.15, 0.2) is 0 Å². The molecule has 1 aromatic heterocycles. The van der Waals surface area contributed by atoms with Crippen LogP contribution in [0.25, 0.3) is 0 Å². The monoisotopic (exact) mass is 289 g/mol. The largest absolute Gasteiger partial charge is 0.381 e. The smallest absolute Gasteiger partial charge is 0.133 e. The maximum Gasteiger partial charge on any atom is 0.133 e. The number of fused-ring (bicyclic) bond motifs is 1. The highest BCUT2D eigenvalue weighted by Crippen LogP contribution is 2.36. The van der Waals surface area contributed by atoms with Gasteiger partial charge in [-0.05, 0) is 44.9 Å². The molecule has 2 fully saturated rings. The average Bonchev–Trinajstić information content (AvgIpc) is 2.98. The zero-order chi connectivity index (χ0) is 14.1. The molecule has 114 valence electrons. The van der Waals surface area contributed by atoms with E-state index in [2.05, 4.69) is 15.3 Å². The fraction of sp³-hybridized carbons (Fsp3) is 0.750. The number of aryl methyl sites for hydroxylation is 1. The van der Waals surface area contributed by atoms with Crippen molar-refractivity contribution < 1.29 is 9.47 Å². The van der Waals surface area contributed by atoms with Crippen molar-refractivity contribution in [1.29, 1.82) is 0 Å². The molecule has 2 aliphatic heterocycles. The van der Waals surface area contributed by atoms with Gasteiger partial charge in [0.1, 0.15) is 12.1 Å². The molecule has 21 heavy (non-hydrogen) atoms. The quantitative estimate of drug-likeness (QED) is 0.903. The number of nitrogens with one attached hydrogen (secondary N) is 1. The van der Waals surface area contributed by atoms with Gasteiger partial charge < -0.3 is 14.8 Å². The Balaban J connectivity index is 1.48. The third kappa shape index (κ3) is 2.64. The Kier molecular flexibility index (Phi) is 3.55. The van der Waals surface area contributed by atoms with Gasteiger partial charge in [-0.3, -0.25) is 0 Å². The Bertz CT molecular complexity index is 509. The van der Waals surface area contributed by atoms with Crippen LogP contribution in [0.4, 0.5) is 5.82 Å². The highest BCUT2D eigenvalue weighted by atomic mass is 16.5. The molecule has 3 heterocycles. The Labute approximate surface area is 125 Å². The molecule has 2 saturated heterocycles. The molecular formula is C16H23N3O2. The normalized spacial score (nSPS) is 27.5. The lowest BCUT2D eigenvalue weighted by molar-refractivity contribution is -0.135. The molecule has 0 saturated carbocycles. The van der Waals surface area contributed by atoms with Crippen LogP contribution in [0.5, 0.6) is 0 Å². The lowest BCUT2D eigenvalue weighted by Crippen LogP contribution is -2.48. The van der Waals surface area contributed by atoms with Crippen LogP contribution in [-0.2, 0) is 22.3 Å². The van der Waals surface area contributed by atoms with Crippen LogP contribution in [-0.4, -0.2) is 41.4 Å². The summed E-state index contributed by atoms with van der Waals surface area (Å²) in [6.07, 6.45) is 9.28. The standard InChI is InChI=1S/C16H23N3O2/c1-2-13-14(3-1)17-11-18-15(13)19-12-4-7-21-16(10-12)5-8-20-9-6-16/h11-12H,1-10H2,(H,17,18,19). The van der Waals surface area contributed by atoms with Gasteiger partial charge in [-0.25, -0.2) is 9.97 Å². The van der Waals surface area contributed by atoms with E-state index < -0.39 is 0 Å². The summed E-state index contributed by atoms with van der Waals surface area (Å²) in [4.78, 5) is 8.89. The average molecular weight is 289 g/mol. The van der Waals surface area contributed by atoms with Crippen molar-refractivity contribution in [1.82, 2.24) is 9.97 Å². The first kappa shape index (κ1) is 13.5. The number of anilines is 1. The van der Waals surface area contributed by atoms with E-state index in [-0.39, 0.29) is 5.60 Å². The molecule has 1 atom stereocenters. The van der Waals surface area contributed by atoms with Gasteiger partial charge in [-0.1, -0.05) is 0 Å². The van der Waals surface area contributed by atoms with Crippen LogP contribution in [0.3, 0.4) is 0 Å². The number of ether oxygens (including phenoxy) is 2. The number of rotatable bonds is 2. The van der Waals surface area contributed by atoms with Crippen molar-refractivity contribution >= 4 is 5.82 Å². The van der Waals surface area contributed by atoms with Crippen LogP contribution in [0.2, 0.25) is 0 Å². The molecule has 1 N–H and O–H groups in total. The van der Waals surface area contributed by atoms with E-state index in [1.807, 2.05) is 0 Å². The number of nitrogens with zero attached hydrogens (tertiary/aromatic N) is 2. The number of aromatic nitrogens is 2. The molecule has 1 aliphatic carbocycles. The second-order valence-corrected chi connectivity index (χ2v) is 6.48. The van der Waals surface area contributed by atoms with E-state index >= 15 is 0 Å². The summed E-state index contributed by atoms with van der Waals surface area (Å²) in [6, 6.07) is 0.455. The van der Waals surface area contributed by atoms with Crippen LogP contribution >= 0.6 is 0 Å². The van der Waals surface area contributed by atoms with E-state index in [1.165, 1.54) is 17.7 Å². The lowest BCUT2D eigenvalue weighted by atomic mass is 9.84. The summed E-state index contributed by atoms with van der Waals surface area (Å²) < 4.78 is 11.6. The summed E-state index contributed by atoms with van der Waals surface area (Å²) in [5, 5.41) is 3.68. The zero-order valence-electron chi connectivity index (χ0n) is 12.4. The first-order valence-electron chi connectivity index (χ1n) is 8.16. The molecule has 1 unspecified atom stereocenters. The van der Waals surface area contributed by atoms with Gasteiger partial charge in [-0.2, -0.15) is 0 Å². The summed E-state index contributed by atoms with van der Waals surface area (Å²) in [6.45, 7) is 2.50. The summed E-state index contributed by atoms with van der Waals surface area (Å²) in [5.41, 5.74) is 2.61. The second kappa shape index (κ2) is 5.54. The van der Waals surface area contributed by atoms with E-state index in [9.17, 15) is 0 Å². The molecule has 0 amide bonds. The second-order valence-electron chi connectivity index (χ2n) is 6.48. The molecule has 4 rings (SSSR count). The Morgan fingerprint density at radius 1 is 1.14 bits per heavy atom. The van der Waals surface area contributed by atoms with Crippen LogP contribution in [0.15, 0.2) is 6.33 Å². The molecule has 1 aromatic rings. The highest BCUT2D eigenvalue weighted by Gasteiger charge is 2.39. The Morgan fingerprint density at radius 2 is 2.05 bits per heavy atom. The zero-order valence-corrected chi connectivity index (χ0v) is 12.4. The third-order valence-corrected chi connectivity index (χ3v) is 5.11. The first-order chi connectivity index (χ1) is 10.3. The van der Waals surface area contributed by atoms with E-state index in [1.54, 1.807) is 6.33 Å². The van der Waals surface area contributed by atoms with Gasteiger partial charge in [0.05, 0.1) is 5.60 Å². The maximum atomic E-state index is 6.11. The number of hydrogen-bond donors (Lipinski definition) is 1. The van der Waals surface area contributed by atoms with Crippen molar-refractivity contribution in [3.63, 3.8) is 0 Å². The predicted octanol–water partition coefficient (Wildman–Crippen LogP) is 2.11. The molecule has 5 heteroatoms. The first-order valence-corrected chi connectivity index (χ1v) is 8.16. The minimum atomic E-state index is 0.0321. The van der Waals surface area contributed by atoms with E-state index in [0.29, 0.717) is 6.04 Å². The van der Waals surface area contributed by atoms with Crippen molar-refractivity contribution in [2.24, 2.45) is 0 Å². The van der Waals surface area contributed by atoms with Crippen molar-refractivity contribution in [3.05, 3.63) is 17.6 Å². The minimum Gasteiger partial charge on any atom is -0.381 e. The van der Waals surface area contributed by atoms with Crippen molar-refractivity contribution in [2.45, 2.75) is 56.6 Å². The number of hydrogen-bond acceptors (Lipinski definition) is 5. The molecular weight excluding hydrogens is 266 g/mol. The topological polar surface area (TPSA) is 56.3 Å². The van der Waals surface area contributed by atoms with Gasteiger partial charge in [0.2, 0.25) is 0 Å². The fourth-order valence-electron chi connectivity index (χ4n) is 3.92. The fourth-order valence-corrected chi connectivity index (χ4v) is 3.92. The van der Waals surface area contributed by atoms with Crippen LogP contribution in [0, 0.1) is 0 Å². The lowest BCUT2D eigenvalue weighted by Gasteiger charge is -2.43. The predicted molar refractivity (Wildman–Crippen MR) is 79.4 cm³/mol. The van der Waals surface area contributed by atoms with Crippen molar-refractivity contribution in [3.8, 4) is 0 Å². The van der Waals surface area contributed by atoms with Gasteiger partial charge in [0, 0.05) is 37.1 Å². The Hall–Kier alpha value is -1.20. The summed E-state index contributed by atoms with van der Waals surface area (Å²) in [7, 11) is 0. The maximum absolute atomic E-state index is 6.11. The highest BCUT2D eigenvalue weighted by molar-refractivity contribution is 5.48.